The smallest absolute Gasteiger partial charge is 0.222 e. The molecule has 3 nitrogen and oxygen atoms in total. The van der Waals surface area contributed by atoms with Crippen molar-refractivity contribution in [1.29, 1.82) is 0 Å². The largest absolute Gasteiger partial charge is 0.369 e. The van der Waals surface area contributed by atoms with Gasteiger partial charge in [-0.05, 0) is 17.7 Å². The van der Waals surface area contributed by atoms with Crippen LogP contribution in [-0.4, -0.2) is 19.0 Å². The van der Waals surface area contributed by atoms with E-state index in [0.29, 0.717) is 13.1 Å². The molecule has 15 heavy (non-hydrogen) atoms. The molecule has 1 fully saturated rings. The van der Waals surface area contributed by atoms with Crippen LogP contribution in [-0.2, 0) is 4.79 Å². The van der Waals surface area contributed by atoms with Gasteiger partial charge in [-0.25, -0.2) is 4.39 Å². The molecule has 80 valence electrons. The molecular weight excluding hydrogens is 195 g/mol. The lowest BCUT2D eigenvalue weighted by atomic mass is 9.88. The van der Waals surface area contributed by atoms with E-state index in [-0.39, 0.29) is 23.6 Å². The van der Waals surface area contributed by atoms with E-state index in [4.69, 9.17) is 5.73 Å². The van der Waals surface area contributed by atoms with Gasteiger partial charge in [0, 0.05) is 19.0 Å². The first-order valence-electron chi connectivity index (χ1n) is 4.94. The first kappa shape index (κ1) is 10.1. The Kier molecular flexibility index (Phi) is 2.68. The Bertz CT molecular complexity index is 381. The molecule has 0 spiro atoms. The fourth-order valence-corrected chi connectivity index (χ4v) is 2.07. The van der Waals surface area contributed by atoms with Gasteiger partial charge in [-0.15, -0.1) is 0 Å². The lowest BCUT2D eigenvalue weighted by Gasteiger charge is -2.15. The average Bonchev–Trinajstić information content (AvgIpc) is 2.65. The molecule has 1 aromatic rings. The SMILES string of the molecule is NC(=O)C1CNCC1c1cccc(F)c1. The van der Waals surface area contributed by atoms with Crippen LogP contribution in [0.5, 0.6) is 0 Å². The van der Waals surface area contributed by atoms with Gasteiger partial charge in [0.1, 0.15) is 5.82 Å². The van der Waals surface area contributed by atoms with Crippen LogP contribution in [0.15, 0.2) is 24.3 Å². The minimum atomic E-state index is -0.325. The summed E-state index contributed by atoms with van der Waals surface area (Å²) in [7, 11) is 0. The third kappa shape index (κ3) is 1.99. The Morgan fingerprint density at radius 3 is 2.93 bits per heavy atom. The second-order valence-electron chi connectivity index (χ2n) is 3.83. The Balaban J connectivity index is 2.26. The van der Waals surface area contributed by atoms with Crippen molar-refractivity contribution in [2.24, 2.45) is 11.7 Å². The van der Waals surface area contributed by atoms with Gasteiger partial charge in [-0.2, -0.15) is 0 Å². The van der Waals surface area contributed by atoms with Gasteiger partial charge in [0.2, 0.25) is 5.91 Å². The molecule has 2 atom stereocenters. The lowest BCUT2D eigenvalue weighted by Crippen LogP contribution is -2.28. The molecule has 0 radical (unpaired) electrons. The van der Waals surface area contributed by atoms with Crippen molar-refractivity contribution < 1.29 is 9.18 Å². The molecule has 1 saturated heterocycles. The Hall–Kier alpha value is -1.42. The molecule has 4 heteroatoms. The summed E-state index contributed by atoms with van der Waals surface area (Å²) in [5.74, 6) is -0.832. The Labute approximate surface area is 87.5 Å². The Morgan fingerprint density at radius 1 is 1.47 bits per heavy atom. The normalized spacial score (nSPS) is 25.4. The van der Waals surface area contributed by atoms with Crippen LogP contribution in [0.2, 0.25) is 0 Å². The number of hydrogen-bond acceptors (Lipinski definition) is 2. The summed E-state index contributed by atoms with van der Waals surface area (Å²) < 4.78 is 13.0. The predicted molar refractivity (Wildman–Crippen MR) is 54.7 cm³/mol. The van der Waals surface area contributed by atoms with Crippen molar-refractivity contribution in [3.63, 3.8) is 0 Å². The summed E-state index contributed by atoms with van der Waals surface area (Å²) >= 11 is 0. The van der Waals surface area contributed by atoms with Crippen LogP contribution in [0.25, 0.3) is 0 Å². The van der Waals surface area contributed by atoms with Crippen molar-refractivity contribution in [2.45, 2.75) is 5.92 Å². The topological polar surface area (TPSA) is 55.1 Å². The van der Waals surface area contributed by atoms with Crippen LogP contribution in [0, 0.1) is 11.7 Å². The van der Waals surface area contributed by atoms with Crippen molar-refractivity contribution in [2.75, 3.05) is 13.1 Å². The van der Waals surface area contributed by atoms with Gasteiger partial charge >= 0.3 is 0 Å². The first-order valence-corrected chi connectivity index (χ1v) is 4.94. The summed E-state index contributed by atoms with van der Waals surface area (Å²) in [6.45, 7) is 1.26. The van der Waals surface area contributed by atoms with Crippen molar-refractivity contribution in [1.82, 2.24) is 5.32 Å². The van der Waals surface area contributed by atoms with Gasteiger partial charge in [0.05, 0.1) is 5.92 Å². The highest BCUT2D eigenvalue weighted by atomic mass is 19.1. The Morgan fingerprint density at radius 2 is 2.27 bits per heavy atom. The second kappa shape index (κ2) is 3.98. The summed E-state index contributed by atoms with van der Waals surface area (Å²) in [5.41, 5.74) is 6.13. The quantitative estimate of drug-likeness (QED) is 0.748. The molecule has 1 aliphatic heterocycles. The standard InChI is InChI=1S/C11H13FN2O/c12-8-3-1-2-7(4-8)9-5-14-6-10(9)11(13)15/h1-4,9-10,14H,5-6H2,(H2,13,15). The number of rotatable bonds is 2. The van der Waals surface area contributed by atoms with E-state index in [1.165, 1.54) is 12.1 Å². The van der Waals surface area contributed by atoms with E-state index in [2.05, 4.69) is 5.32 Å². The van der Waals surface area contributed by atoms with Gasteiger partial charge in [-0.1, -0.05) is 12.1 Å². The van der Waals surface area contributed by atoms with E-state index in [0.717, 1.165) is 5.56 Å². The highest BCUT2D eigenvalue weighted by Crippen LogP contribution is 2.28. The number of hydrogen-bond donors (Lipinski definition) is 2. The summed E-state index contributed by atoms with van der Waals surface area (Å²) in [4.78, 5) is 11.2. The lowest BCUT2D eigenvalue weighted by molar-refractivity contribution is -0.121. The average molecular weight is 208 g/mol. The zero-order valence-electron chi connectivity index (χ0n) is 8.24. The van der Waals surface area contributed by atoms with Crippen molar-refractivity contribution in [3.05, 3.63) is 35.6 Å². The maximum atomic E-state index is 13.0. The molecule has 0 aromatic heterocycles. The van der Waals surface area contributed by atoms with Crippen LogP contribution >= 0.6 is 0 Å². The molecule has 0 saturated carbocycles. The fourth-order valence-electron chi connectivity index (χ4n) is 2.07. The minimum Gasteiger partial charge on any atom is -0.369 e. The van der Waals surface area contributed by atoms with Crippen LogP contribution in [0.1, 0.15) is 11.5 Å². The molecule has 1 amide bonds. The van der Waals surface area contributed by atoms with Crippen LogP contribution in [0.4, 0.5) is 4.39 Å². The maximum absolute atomic E-state index is 13.0. The van der Waals surface area contributed by atoms with E-state index in [1.54, 1.807) is 6.07 Å². The van der Waals surface area contributed by atoms with Crippen molar-refractivity contribution in [3.8, 4) is 0 Å². The van der Waals surface area contributed by atoms with Gasteiger partial charge in [0.15, 0.2) is 0 Å². The number of primary amides is 1. The van der Waals surface area contributed by atoms with E-state index >= 15 is 0 Å². The number of carbonyl (C=O) groups is 1. The zero-order chi connectivity index (χ0) is 10.8. The highest BCUT2D eigenvalue weighted by molar-refractivity contribution is 5.78. The number of carbonyl (C=O) groups excluding carboxylic acids is 1. The number of nitrogens with two attached hydrogens (primary N) is 1. The molecule has 2 unspecified atom stereocenters. The summed E-state index contributed by atoms with van der Waals surface area (Å²) in [6, 6.07) is 6.34. The highest BCUT2D eigenvalue weighted by Gasteiger charge is 2.32. The summed E-state index contributed by atoms with van der Waals surface area (Å²) in [5, 5.41) is 3.10. The van der Waals surface area contributed by atoms with E-state index < -0.39 is 0 Å². The van der Waals surface area contributed by atoms with E-state index in [1.807, 2.05) is 6.07 Å². The summed E-state index contributed by atoms with van der Waals surface area (Å²) in [6.07, 6.45) is 0. The zero-order valence-corrected chi connectivity index (χ0v) is 8.24. The number of halogens is 1. The minimum absolute atomic E-state index is 0.00167. The van der Waals surface area contributed by atoms with E-state index in [9.17, 15) is 9.18 Å². The van der Waals surface area contributed by atoms with Gasteiger partial charge in [-0.3, -0.25) is 4.79 Å². The van der Waals surface area contributed by atoms with Gasteiger partial charge in [0.25, 0.3) is 0 Å². The maximum Gasteiger partial charge on any atom is 0.222 e. The van der Waals surface area contributed by atoms with Crippen LogP contribution in [0.3, 0.4) is 0 Å². The third-order valence-electron chi connectivity index (χ3n) is 2.86. The predicted octanol–water partition coefficient (Wildman–Crippen LogP) is 0.614. The first-order chi connectivity index (χ1) is 7.18. The molecule has 1 aromatic carbocycles. The monoisotopic (exact) mass is 208 g/mol. The third-order valence-corrected chi connectivity index (χ3v) is 2.86. The molecule has 0 aliphatic carbocycles. The number of amides is 1. The number of benzene rings is 1. The fraction of sp³-hybridized carbons (Fsp3) is 0.364. The van der Waals surface area contributed by atoms with Crippen molar-refractivity contribution >= 4 is 5.91 Å². The molecule has 3 N–H and O–H groups in total. The molecule has 2 rings (SSSR count). The van der Waals surface area contributed by atoms with Crippen LogP contribution < -0.4 is 11.1 Å². The molecule has 0 bridgehead atoms. The second-order valence-corrected chi connectivity index (χ2v) is 3.83. The molecular formula is C11H13FN2O. The molecule has 1 aliphatic rings. The number of nitrogens with one attached hydrogen (secondary N) is 1. The molecule has 1 heterocycles. The van der Waals surface area contributed by atoms with Gasteiger partial charge < -0.3 is 11.1 Å².